The fourth-order valence-electron chi connectivity index (χ4n) is 3.09. The van der Waals surface area contributed by atoms with Crippen LogP contribution in [0.25, 0.3) is 0 Å². The van der Waals surface area contributed by atoms with Crippen molar-refractivity contribution in [3.8, 4) is 11.5 Å². The van der Waals surface area contributed by atoms with Gasteiger partial charge in [-0.15, -0.1) is 0 Å². The van der Waals surface area contributed by atoms with E-state index in [1.54, 1.807) is 7.11 Å². The van der Waals surface area contributed by atoms with Gasteiger partial charge in [0.1, 0.15) is 19.2 Å². The Balaban J connectivity index is 1.73. The number of aliphatic hydroxyl groups is 1. The van der Waals surface area contributed by atoms with E-state index < -0.39 is 6.10 Å². The molecule has 0 bridgehead atoms. The van der Waals surface area contributed by atoms with Gasteiger partial charge in [-0.05, 0) is 38.0 Å². The van der Waals surface area contributed by atoms with Crippen molar-refractivity contribution in [2.75, 3.05) is 47.1 Å². The zero-order valence-electron chi connectivity index (χ0n) is 15.6. The summed E-state index contributed by atoms with van der Waals surface area (Å²) in [6.45, 7) is 5.74. The van der Waals surface area contributed by atoms with E-state index in [4.69, 9.17) is 18.9 Å². The third-order valence-electron chi connectivity index (χ3n) is 4.26. The molecule has 2 rings (SSSR count). The second-order valence-corrected chi connectivity index (χ2v) is 6.58. The molecule has 2 N–H and O–H groups in total. The number of aliphatic hydroxyl groups excluding tert-OH is 1. The lowest BCUT2D eigenvalue weighted by molar-refractivity contribution is -0.897. The highest BCUT2D eigenvalue weighted by atomic mass is 16.5. The number of quaternary nitrogens is 1. The molecule has 1 aliphatic heterocycles. The summed E-state index contributed by atoms with van der Waals surface area (Å²) in [5.74, 6) is 1.50. The quantitative estimate of drug-likeness (QED) is 0.612. The lowest BCUT2D eigenvalue weighted by Gasteiger charge is -2.19. The second-order valence-electron chi connectivity index (χ2n) is 6.58. The molecule has 1 aliphatic rings. The summed E-state index contributed by atoms with van der Waals surface area (Å²) in [7, 11) is 3.71. The lowest BCUT2D eigenvalue weighted by Crippen LogP contribution is -3.08. The molecule has 1 heterocycles. The minimum Gasteiger partial charge on any atom is -0.493 e. The molecule has 1 aromatic carbocycles. The standard InChI is InChI=1S/C19H31NO5/c1-4-24-18-8-7-15(10-19(18)22-3)11-20(2)12-16(21)13-23-14-17-6-5-9-25-17/h7-8,10,16-17,21H,4-6,9,11-14H2,1-3H3/p+1/t16-,17+/m1/s1. The van der Waals surface area contributed by atoms with Crippen molar-refractivity contribution in [2.24, 2.45) is 0 Å². The Bertz CT molecular complexity index is 505. The molecular formula is C19H32NO5+. The van der Waals surface area contributed by atoms with Crippen LogP contribution in [0, 0.1) is 0 Å². The third kappa shape index (κ3) is 6.82. The minimum atomic E-state index is -0.481. The first-order chi connectivity index (χ1) is 12.1. The highest BCUT2D eigenvalue weighted by molar-refractivity contribution is 5.42. The predicted octanol–water partition coefficient (Wildman–Crippen LogP) is 0.665. The molecule has 0 amide bonds. The van der Waals surface area contributed by atoms with E-state index in [0.717, 1.165) is 43.1 Å². The maximum Gasteiger partial charge on any atom is 0.161 e. The Morgan fingerprint density at radius 3 is 2.88 bits per heavy atom. The van der Waals surface area contributed by atoms with Crippen molar-refractivity contribution in [1.82, 2.24) is 0 Å². The highest BCUT2D eigenvalue weighted by Crippen LogP contribution is 2.27. The highest BCUT2D eigenvalue weighted by Gasteiger charge is 2.18. The number of rotatable bonds is 11. The zero-order chi connectivity index (χ0) is 18.1. The monoisotopic (exact) mass is 354 g/mol. The molecule has 142 valence electrons. The largest absolute Gasteiger partial charge is 0.493 e. The van der Waals surface area contributed by atoms with Crippen LogP contribution in [0.4, 0.5) is 0 Å². The topological polar surface area (TPSA) is 61.6 Å². The summed E-state index contributed by atoms with van der Waals surface area (Å²) in [6.07, 6.45) is 1.88. The summed E-state index contributed by atoms with van der Waals surface area (Å²) in [5, 5.41) is 10.2. The Labute approximate surface area is 150 Å². The number of likely N-dealkylation sites (N-methyl/N-ethyl adjacent to an activating group) is 1. The zero-order valence-corrected chi connectivity index (χ0v) is 15.6. The van der Waals surface area contributed by atoms with Gasteiger partial charge in [-0.1, -0.05) is 0 Å². The molecule has 1 unspecified atom stereocenters. The van der Waals surface area contributed by atoms with Crippen molar-refractivity contribution >= 4 is 0 Å². The normalized spacial score (nSPS) is 19.6. The summed E-state index contributed by atoms with van der Waals surface area (Å²) in [6, 6.07) is 5.97. The maximum atomic E-state index is 10.2. The van der Waals surface area contributed by atoms with E-state index in [1.807, 2.05) is 25.1 Å². The van der Waals surface area contributed by atoms with Crippen LogP contribution < -0.4 is 14.4 Å². The summed E-state index contributed by atoms with van der Waals surface area (Å²) in [4.78, 5) is 1.21. The fraction of sp³-hybridized carbons (Fsp3) is 0.684. The number of hydrogen-bond acceptors (Lipinski definition) is 5. The van der Waals surface area contributed by atoms with Gasteiger partial charge in [-0.3, -0.25) is 0 Å². The molecule has 0 aromatic heterocycles. The van der Waals surface area contributed by atoms with Gasteiger partial charge in [-0.25, -0.2) is 0 Å². The number of ether oxygens (including phenoxy) is 4. The molecule has 0 spiro atoms. The van der Waals surface area contributed by atoms with E-state index in [0.29, 0.717) is 26.4 Å². The lowest BCUT2D eigenvalue weighted by atomic mass is 10.2. The molecule has 6 nitrogen and oxygen atoms in total. The smallest absolute Gasteiger partial charge is 0.161 e. The Morgan fingerprint density at radius 1 is 1.36 bits per heavy atom. The first-order valence-electron chi connectivity index (χ1n) is 9.10. The Hall–Kier alpha value is -1.34. The van der Waals surface area contributed by atoms with Gasteiger partial charge in [0.05, 0.1) is 40.1 Å². The van der Waals surface area contributed by atoms with Crippen LogP contribution in [0.2, 0.25) is 0 Å². The van der Waals surface area contributed by atoms with Gasteiger partial charge in [0, 0.05) is 12.2 Å². The van der Waals surface area contributed by atoms with E-state index in [2.05, 4.69) is 7.05 Å². The molecule has 0 radical (unpaired) electrons. The molecule has 6 heteroatoms. The van der Waals surface area contributed by atoms with E-state index in [1.165, 1.54) is 4.90 Å². The summed E-state index contributed by atoms with van der Waals surface area (Å²) in [5.41, 5.74) is 1.14. The van der Waals surface area contributed by atoms with Crippen LogP contribution >= 0.6 is 0 Å². The van der Waals surface area contributed by atoms with E-state index in [-0.39, 0.29) is 6.10 Å². The van der Waals surface area contributed by atoms with Crippen molar-refractivity contribution in [2.45, 2.75) is 38.5 Å². The van der Waals surface area contributed by atoms with Gasteiger partial charge in [0.25, 0.3) is 0 Å². The van der Waals surface area contributed by atoms with Crippen LogP contribution in [-0.2, 0) is 16.0 Å². The average molecular weight is 354 g/mol. The first kappa shape index (κ1) is 20.0. The SMILES string of the molecule is CCOc1ccc(C[NH+](C)C[C@@H](O)COC[C@@H]2CCCO2)cc1OC. The molecule has 3 atom stereocenters. The Morgan fingerprint density at radius 2 is 2.20 bits per heavy atom. The van der Waals surface area contributed by atoms with Crippen molar-refractivity contribution in [1.29, 1.82) is 0 Å². The molecule has 0 aliphatic carbocycles. The molecule has 0 saturated carbocycles. The molecule has 25 heavy (non-hydrogen) atoms. The number of hydrogen-bond donors (Lipinski definition) is 2. The van der Waals surface area contributed by atoms with E-state index in [9.17, 15) is 5.11 Å². The Kier molecular flexibility index (Phi) is 8.48. The minimum absolute atomic E-state index is 0.202. The predicted molar refractivity (Wildman–Crippen MR) is 95.4 cm³/mol. The maximum absolute atomic E-state index is 10.2. The fourth-order valence-corrected chi connectivity index (χ4v) is 3.09. The van der Waals surface area contributed by atoms with Crippen molar-refractivity contribution in [3.63, 3.8) is 0 Å². The molecular weight excluding hydrogens is 322 g/mol. The van der Waals surface area contributed by atoms with E-state index >= 15 is 0 Å². The van der Waals surface area contributed by atoms with Gasteiger partial charge in [-0.2, -0.15) is 0 Å². The van der Waals surface area contributed by atoms with Crippen LogP contribution in [0.3, 0.4) is 0 Å². The van der Waals surface area contributed by atoms with Gasteiger partial charge in [0.2, 0.25) is 0 Å². The summed E-state index contributed by atoms with van der Waals surface area (Å²) >= 11 is 0. The van der Waals surface area contributed by atoms with Crippen molar-refractivity contribution < 1.29 is 29.0 Å². The molecule has 1 saturated heterocycles. The summed E-state index contributed by atoms with van der Waals surface area (Å²) < 4.78 is 22.0. The van der Waals surface area contributed by atoms with Gasteiger partial charge >= 0.3 is 0 Å². The van der Waals surface area contributed by atoms with Crippen molar-refractivity contribution in [3.05, 3.63) is 23.8 Å². The van der Waals surface area contributed by atoms with Crippen LogP contribution in [-0.4, -0.2) is 64.4 Å². The van der Waals surface area contributed by atoms with Gasteiger partial charge in [0.15, 0.2) is 11.5 Å². The second kappa shape index (κ2) is 10.6. The van der Waals surface area contributed by atoms with Crippen LogP contribution in [0.15, 0.2) is 18.2 Å². The van der Waals surface area contributed by atoms with Crippen LogP contribution in [0.5, 0.6) is 11.5 Å². The third-order valence-corrected chi connectivity index (χ3v) is 4.26. The molecule has 1 fully saturated rings. The number of nitrogens with one attached hydrogen (secondary N) is 1. The number of methoxy groups -OCH3 is 1. The average Bonchev–Trinajstić information content (AvgIpc) is 3.09. The number of benzene rings is 1. The molecule has 1 aromatic rings. The van der Waals surface area contributed by atoms with Crippen LogP contribution in [0.1, 0.15) is 25.3 Å². The van der Waals surface area contributed by atoms with Gasteiger partial charge < -0.3 is 29.0 Å². The first-order valence-corrected chi connectivity index (χ1v) is 9.10.